The van der Waals surface area contributed by atoms with E-state index in [-0.39, 0.29) is 0 Å². The molecule has 0 aliphatic heterocycles. The molecule has 0 bridgehead atoms. The summed E-state index contributed by atoms with van der Waals surface area (Å²) in [5.41, 5.74) is 2.55. The van der Waals surface area contributed by atoms with Gasteiger partial charge in [-0.15, -0.1) is 11.3 Å². The maximum absolute atomic E-state index is 11.9. The summed E-state index contributed by atoms with van der Waals surface area (Å²) in [4.78, 5) is 16.0. The van der Waals surface area contributed by atoms with Gasteiger partial charge in [0.2, 0.25) is 5.91 Å². The second-order valence-electron chi connectivity index (χ2n) is 4.08. The van der Waals surface area contributed by atoms with Crippen molar-refractivity contribution in [3.63, 3.8) is 0 Å². The zero-order valence-corrected chi connectivity index (χ0v) is 12.6. The number of nitrogens with one attached hydrogen (secondary N) is 1. The molecule has 1 amide bonds. The molecule has 8 heteroatoms. The molecule has 0 aliphatic carbocycles. The summed E-state index contributed by atoms with van der Waals surface area (Å²) in [5.74, 6) is -0.620. The Morgan fingerprint density at radius 1 is 1.47 bits per heavy atom. The topological polar surface area (TPSA) is 76.1 Å². The SMILES string of the molecule is C[C@@H](C(=O)Nc1c(Cl)ccc2scnc12)S(C)(=O)=O. The van der Waals surface area contributed by atoms with E-state index in [1.807, 2.05) is 0 Å². The number of benzene rings is 1. The highest BCUT2D eigenvalue weighted by Crippen LogP contribution is 2.32. The van der Waals surface area contributed by atoms with Gasteiger partial charge in [-0.2, -0.15) is 0 Å². The van der Waals surface area contributed by atoms with Crippen LogP contribution in [0.15, 0.2) is 17.6 Å². The molecular formula is C11H11ClN2O3S2. The van der Waals surface area contributed by atoms with Gasteiger partial charge < -0.3 is 5.32 Å². The molecule has 1 N–H and O–H groups in total. The Balaban J connectivity index is 2.39. The van der Waals surface area contributed by atoms with E-state index in [9.17, 15) is 13.2 Å². The van der Waals surface area contributed by atoms with Crippen LogP contribution in [-0.4, -0.2) is 30.8 Å². The molecule has 5 nitrogen and oxygen atoms in total. The summed E-state index contributed by atoms with van der Waals surface area (Å²) in [6.45, 7) is 1.33. The first kappa shape index (κ1) is 14.2. The van der Waals surface area contributed by atoms with E-state index >= 15 is 0 Å². The molecule has 0 saturated carbocycles. The van der Waals surface area contributed by atoms with Crippen LogP contribution in [-0.2, 0) is 14.6 Å². The first-order valence-corrected chi connectivity index (χ1v) is 8.53. The van der Waals surface area contributed by atoms with Crippen molar-refractivity contribution < 1.29 is 13.2 Å². The van der Waals surface area contributed by atoms with E-state index < -0.39 is 21.0 Å². The normalized spacial score (nSPS) is 13.4. The van der Waals surface area contributed by atoms with Crippen LogP contribution in [0.4, 0.5) is 5.69 Å². The standard InChI is InChI=1S/C11H11ClN2O3S2/c1-6(19(2,16)17)11(15)14-9-7(12)3-4-8-10(9)13-5-18-8/h3-6H,1-2H3,(H,14,15)/t6-/m0/s1. The Morgan fingerprint density at radius 3 is 2.79 bits per heavy atom. The molecule has 1 atom stereocenters. The number of hydrogen-bond donors (Lipinski definition) is 1. The number of halogens is 1. The lowest BCUT2D eigenvalue weighted by Crippen LogP contribution is -2.31. The highest BCUT2D eigenvalue weighted by atomic mass is 35.5. The van der Waals surface area contributed by atoms with Crippen LogP contribution in [0.25, 0.3) is 10.2 Å². The highest BCUT2D eigenvalue weighted by Gasteiger charge is 2.25. The largest absolute Gasteiger partial charge is 0.322 e. The van der Waals surface area contributed by atoms with E-state index in [0.29, 0.717) is 16.2 Å². The number of thiazole rings is 1. The van der Waals surface area contributed by atoms with Crippen molar-refractivity contribution in [3.8, 4) is 0 Å². The molecule has 2 rings (SSSR count). The predicted molar refractivity (Wildman–Crippen MR) is 77.6 cm³/mol. The Bertz CT molecular complexity index is 739. The summed E-state index contributed by atoms with van der Waals surface area (Å²) < 4.78 is 23.6. The minimum atomic E-state index is -3.45. The van der Waals surface area contributed by atoms with Gasteiger partial charge in [0.25, 0.3) is 0 Å². The fourth-order valence-electron chi connectivity index (χ4n) is 1.44. The van der Waals surface area contributed by atoms with E-state index in [0.717, 1.165) is 11.0 Å². The van der Waals surface area contributed by atoms with E-state index in [1.165, 1.54) is 18.3 Å². The summed E-state index contributed by atoms with van der Waals surface area (Å²) in [6, 6.07) is 3.44. The van der Waals surface area contributed by atoms with E-state index in [4.69, 9.17) is 11.6 Å². The first-order chi connectivity index (χ1) is 8.80. The number of aromatic nitrogens is 1. The van der Waals surface area contributed by atoms with Gasteiger partial charge in [0, 0.05) is 6.26 Å². The monoisotopic (exact) mass is 318 g/mol. The fourth-order valence-corrected chi connectivity index (χ4v) is 2.78. The fraction of sp³-hybridized carbons (Fsp3) is 0.273. The van der Waals surface area contributed by atoms with Gasteiger partial charge >= 0.3 is 0 Å². The molecule has 0 unspecified atom stereocenters. The molecule has 2 aromatic rings. The van der Waals surface area contributed by atoms with Crippen LogP contribution in [0, 0.1) is 0 Å². The van der Waals surface area contributed by atoms with Crippen molar-refractivity contribution in [1.82, 2.24) is 4.98 Å². The number of fused-ring (bicyclic) bond motifs is 1. The Hall–Kier alpha value is -1.18. The van der Waals surface area contributed by atoms with Gasteiger partial charge in [-0.25, -0.2) is 13.4 Å². The smallest absolute Gasteiger partial charge is 0.242 e. The Kier molecular flexibility index (Phi) is 3.80. The van der Waals surface area contributed by atoms with E-state index in [2.05, 4.69) is 10.3 Å². The second kappa shape index (κ2) is 5.07. The quantitative estimate of drug-likeness (QED) is 0.942. The number of hydrogen-bond acceptors (Lipinski definition) is 5. The van der Waals surface area contributed by atoms with Gasteiger partial charge in [0.1, 0.15) is 10.8 Å². The number of anilines is 1. The Morgan fingerprint density at radius 2 is 2.16 bits per heavy atom. The third-order valence-corrected chi connectivity index (χ3v) is 5.32. The molecule has 1 aromatic carbocycles. The third kappa shape index (κ3) is 2.88. The van der Waals surface area contributed by atoms with Gasteiger partial charge in [-0.3, -0.25) is 4.79 Å². The lowest BCUT2D eigenvalue weighted by molar-refractivity contribution is -0.115. The van der Waals surface area contributed by atoms with Crippen LogP contribution in [0.3, 0.4) is 0 Å². The molecule has 19 heavy (non-hydrogen) atoms. The molecule has 0 saturated heterocycles. The number of carbonyl (C=O) groups is 1. The van der Waals surface area contributed by atoms with Crippen LogP contribution in [0.2, 0.25) is 5.02 Å². The summed E-state index contributed by atoms with van der Waals surface area (Å²) >= 11 is 7.44. The predicted octanol–water partition coefficient (Wildman–Crippen LogP) is 2.32. The molecular weight excluding hydrogens is 308 g/mol. The highest BCUT2D eigenvalue weighted by molar-refractivity contribution is 7.92. The van der Waals surface area contributed by atoms with Gasteiger partial charge in [-0.1, -0.05) is 11.6 Å². The number of rotatable bonds is 3. The van der Waals surface area contributed by atoms with E-state index in [1.54, 1.807) is 17.6 Å². The summed E-state index contributed by atoms with van der Waals surface area (Å²) in [5, 5.41) is 1.72. The lowest BCUT2D eigenvalue weighted by Gasteiger charge is -2.12. The molecule has 0 radical (unpaired) electrons. The summed E-state index contributed by atoms with van der Waals surface area (Å²) in [6.07, 6.45) is 1.02. The average molecular weight is 319 g/mol. The van der Waals surface area contributed by atoms with Crippen LogP contribution < -0.4 is 5.32 Å². The Labute approximate surface area is 119 Å². The number of amides is 1. The lowest BCUT2D eigenvalue weighted by atomic mass is 10.2. The van der Waals surface area contributed by atoms with Crippen LogP contribution in [0.5, 0.6) is 0 Å². The van der Waals surface area contributed by atoms with Crippen molar-refractivity contribution >= 4 is 54.6 Å². The van der Waals surface area contributed by atoms with Crippen LogP contribution >= 0.6 is 22.9 Å². The summed E-state index contributed by atoms with van der Waals surface area (Å²) in [7, 11) is -3.45. The maximum atomic E-state index is 11.9. The third-order valence-electron chi connectivity index (χ3n) is 2.71. The molecule has 102 valence electrons. The second-order valence-corrected chi connectivity index (χ2v) is 7.74. The van der Waals surface area contributed by atoms with Crippen molar-refractivity contribution in [1.29, 1.82) is 0 Å². The zero-order chi connectivity index (χ0) is 14.2. The minimum absolute atomic E-state index is 0.326. The zero-order valence-electron chi connectivity index (χ0n) is 10.2. The molecule has 0 fully saturated rings. The van der Waals surface area contributed by atoms with Crippen molar-refractivity contribution in [2.24, 2.45) is 0 Å². The molecule has 0 spiro atoms. The number of nitrogens with zero attached hydrogens (tertiary/aromatic N) is 1. The van der Waals surface area contributed by atoms with Crippen molar-refractivity contribution in [2.45, 2.75) is 12.2 Å². The van der Waals surface area contributed by atoms with Gasteiger partial charge in [0.15, 0.2) is 9.84 Å². The van der Waals surface area contributed by atoms with Crippen LogP contribution in [0.1, 0.15) is 6.92 Å². The molecule has 1 aromatic heterocycles. The molecule has 0 aliphatic rings. The minimum Gasteiger partial charge on any atom is -0.322 e. The maximum Gasteiger partial charge on any atom is 0.242 e. The average Bonchev–Trinajstić information content (AvgIpc) is 2.78. The van der Waals surface area contributed by atoms with Gasteiger partial charge in [0.05, 0.1) is 20.9 Å². The van der Waals surface area contributed by atoms with Gasteiger partial charge in [-0.05, 0) is 19.1 Å². The van der Waals surface area contributed by atoms with Crippen molar-refractivity contribution in [2.75, 3.05) is 11.6 Å². The number of sulfone groups is 1. The van der Waals surface area contributed by atoms with Crippen molar-refractivity contribution in [3.05, 3.63) is 22.7 Å². The number of carbonyl (C=O) groups excluding carboxylic acids is 1. The molecule has 1 heterocycles. The first-order valence-electron chi connectivity index (χ1n) is 5.32.